The number of aromatic amines is 1. The molecular weight excluding hydrogens is 450 g/mol. The van der Waals surface area contributed by atoms with Gasteiger partial charge in [0, 0.05) is 25.2 Å². The van der Waals surface area contributed by atoms with E-state index in [1.807, 2.05) is 21.4 Å². The Morgan fingerprint density at radius 2 is 1.69 bits per heavy atom. The molecule has 0 aromatic carbocycles. The van der Waals surface area contributed by atoms with Crippen molar-refractivity contribution in [1.29, 1.82) is 0 Å². The second-order valence-electron chi connectivity index (χ2n) is 10.8. The van der Waals surface area contributed by atoms with Crippen molar-refractivity contribution in [1.82, 2.24) is 33.9 Å². The zero-order valence-electron chi connectivity index (χ0n) is 21.4. The van der Waals surface area contributed by atoms with E-state index in [1.165, 1.54) is 64.2 Å². The largest absolute Gasteiger partial charge is 0.316 e. The molecule has 0 amide bonds. The molecule has 0 spiro atoms. The number of fused-ring (bicyclic) bond motifs is 3. The fraction of sp³-hybridized carbons (Fsp3) is 0.607. The van der Waals surface area contributed by atoms with Gasteiger partial charge in [0.15, 0.2) is 5.65 Å². The summed E-state index contributed by atoms with van der Waals surface area (Å²) in [4.78, 5) is 35.4. The first-order valence-electron chi connectivity index (χ1n) is 14.0. The Bertz CT molecular complexity index is 1400. The number of nitrogens with zero attached hydrogens (tertiary/aromatic N) is 6. The number of hydrogen-bond acceptors (Lipinski definition) is 5. The van der Waals surface area contributed by atoms with Gasteiger partial charge in [-0.2, -0.15) is 4.98 Å². The maximum Gasteiger partial charge on any atom is 0.274 e. The molecule has 6 rings (SSSR count). The summed E-state index contributed by atoms with van der Waals surface area (Å²) in [5.41, 5.74) is 2.72. The zero-order chi connectivity index (χ0) is 24.5. The number of H-pyrrole nitrogens is 1. The van der Waals surface area contributed by atoms with Gasteiger partial charge >= 0.3 is 0 Å². The van der Waals surface area contributed by atoms with Crippen LogP contribution in [0.25, 0.3) is 22.6 Å². The maximum atomic E-state index is 13.0. The minimum absolute atomic E-state index is 0.134. The molecule has 4 heterocycles. The monoisotopic (exact) mass is 487 g/mol. The van der Waals surface area contributed by atoms with Crippen LogP contribution < -0.4 is 5.56 Å². The van der Waals surface area contributed by atoms with E-state index in [2.05, 4.69) is 11.9 Å². The van der Waals surface area contributed by atoms with Gasteiger partial charge in [0.05, 0.1) is 11.9 Å². The number of nitrogens with one attached hydrogen (secondary N) is 1. The van der Waals surface area contributed by atoms with Crippen molar-refractivity contribution in [3.05, 3.63) is 46.3 Å². The smallest absolute Gasteiger partial charge is 0.274 e. The molecule has 190 valence electrons. The van der Waals surface area contributed by atoms with Gasteiger partial charge < -0.3 is 4.98 Å². The first kappa shape index (κ1) is 23.4. The SMILES string of the molecule is CCc1nc(-n2ccnc2CC2CCCCC2)nc2c1[nH]c(=O)c1cnc(CCC3CCCCC3)n12. The van der Waals surface area contributed by atoms with Gasteiger partial charge in [0.25, 0.3) is 5.56 Å². The van der Waals surface area contributed by atoms with E-state index in [4.69, 9.17) is 19.9 Å². The van der Waals surface area contributed by atoms with Crippen LogP contribution in [0, 0.1) is 11.8 Å². The number of aromatic nitrogens is 7. The summed E-state index contributed by atoms with van der Waals surface area (Å²) in [6.45, 7) is 2.07. The normalized spacial score (nSPS) is 17.9. The standard InChI is InChI=1S/C28H37N7O/c1-2-21-25-26(33-28(31-21)34-16-15-29-24(34)17-20-11-7-4-8-12-20)35-22(27(36)32-25)18-30-23(35)14-13-19-9-5-3-6-10-19/h15-16,18-20H,2-14,17H2,1H3,(H,32,36). The molecule has 0 saturated heterocycles. The summed E-state index contributed by atoms with van der Waals surface area (Å²) in [7, 11) is 0. The lowest BCUT2D eigenvalue weighted by Gasteiger charge is -2.21. The molecule has 2 saturated carbocycles. The topological polar surface area (TPSA) is 93.8 Å². The van der Waals surface area contributed by atoms with Crippen molar-refractivity contribution in [2.24, 2.45) is 11.8 Å². The number of aryl methyl sites for hydroxylation is 2. The fourth-order valence-electron chi connectivity index (χ4n) is 6.40. The van der Waals surface area contributed by atoms with Crippen molar-refractivity contribution in [2.75, 3.05) is 0 Å². The second-order valence-corrected chi connectivity index (χ2v) is 10.8. The first-order valence-corrected chi connectivity index (χ1v) is 14.0. The lowest BCUT2D eigenvalue weighted by atomic mass is 9.86. The van der Waals surface area contributed by atoms with Crippen LogP contribution in [-0.2, 0) is 19.3 Å². The highest BCUT2D eigenvalue weighted by atomic mass is 16.1. The third-order valence-corrected chi connectivity index (χ3v) is 8.44. The van der Waals surface area contributed by atoms with Crippen LogP contribution in [0.5, 0.6) is 0 Å². The summed E-state index contributed by atoms with van der Waals surface area (Å²) >= 11 is 0. The molecule has 0 bridgehead atoms. The van der Waals surface area contributed by atoms with Gasteiger partial charge in [-0.15, -0.1) is 0 Å². The van der Waals surface area contributed by atoms with E-state index >= 15 is 0 Å². The quantitative estimate of drug-likeness (QED) is 0.379. The third kappa shape index (κ3) is 4.46. The molecule has 0 atom stereocenters. The minimum atomic E-state index is -0.134. The predicted octanol–water partition coefficient (Wildman–Crippen LogP) is 5.35. The van der Waals surface area contributed by atoms with Crippen LogP contribution in [0.3, 0.4) is 0 Å². The van der Waals surface area contributed by atoms with Crippen molar-refractivity contribution in [3.63, 3.8) is 0 Å². The molecule has 2 fully saturated rings. The van der Waals surface area contributed by atoms with E-state index in [0.29, 0.717) is 29.3 Å². The second kappa shape index (κ2) is 10.1. The first-order chi connectivity index (χ1) is 17.7. The summed E-state index contributed by atoms with van der Waals surface area (Å²) in [6, 6.07) is 0. The number of imidazole rings is 2. The van der Waals surface area contributed by atoms with Crippen LogP contribution in [0.4, 0.5) is 0 Å². The predicted molar refractivity (Wildman–Crippen MR) is 141 cm³/mol. The molecular formula is C28H37N7O. The number of rotatable bonds is 7. The van der Waals surface area contributed by atoms with E-state index in [0.717, 1.165) is 48.2 Å². The summed E-state index contributed by atoms with van der Waals surface area (Å²) in [6.07, 6.45) is 22.3. The van der Waals surface area contributed by atoms with Gasteiger partial charge in [-0.1, -0.05) is 71.1 Å². The Kier molecular flexibility index (Phi) is 6.59. The average molecular weight is 488 g/mol. The highest BCUT2D eigenvalue weighted by molar-refractivity contribution is 5.77. The van der Waals surface area contributed by atoms with Crippen LogP contribution in [0.15, 0.2) is 23.4 Å². The van der Waals surface area contributed by atoms with E-state index < -0.39 is 0 Å². The molecule has 8 heteroatoms. The third-order valence-electron chi connectivity index (χ3n) is 8.44. The molecule has 0 aliphatic heterocycles. The van der Waals surface area contributed by atoms with Crippen LogP contribution in [0.2, 0.25) is 0 Å². The molecule has 36 heavy (non-hydrogen) atoms. The van der Waals surface area contributed by atoms with Gasteiger partial charge in [-0.25, -0.2) is 15.0 Å². The molecule has 0 radical (unpaired) electrons. The van der Waals surface area contributed by atoms with E-state index in [9.17, 15) is 4.79 Å². The number of hydrogen-bond donors (Lipinski definition) is 1. The minimum Gasteiger partial charge on any atom is -0.316 e. The summed E-state index contributed by atoms with van der Waals surface area (Å²) in [5.74, 6) is 4.00. The van der Waals surface area contributed by atoms with Crippen LogP contribution in [-0.4, -0.2) is 33.9 Å². The molecule has 0 unspecified atom stereocenters. The van der Waals surface area contributed by atoms with Gasteiger partial charge in [0.1, 0.15) is 22.7 Å². The molecule has 2 aliphatic rings. The molecule has 2 aliphatic carbocycles. The van der Waals surface area contributed by atoms with E-state index in [-0.39, 0.29) is 5.56 Å². The average Bonchev–Trinajstić information content (AvgIpc) is 3.56. The van der Waals surface area contributed by atoms with Crippen molar-refractivity contribution in [2.45, 2.75) is 96.8 Å². The lowest BCUT2D eigenvalue weighted by molar-refractivity contribution is 0.337. The highest BCUT2D eigenvalue weighted by Gasteiger charge is 2.21. The molecule has 8 nitrogen and oxygen atoms in total. The fourth-order valence-corrected chi connectivity index (χ4v) is 6.40. The van der Waals surface area contributed by atoms with Crippen molar-refractivity contribution in [3.8, 4) is 5.95 Å². The maximum absolute atomic E-state index is 13.0. The molecule has 4 aromatic heterocycles. The van der Waals surface area contributed by atoms with Crippen molar-refractivity contribution >= 4 is 16.7 Å². The Balaban J connectivity index is 1.42. The van der Waals surface area contributed by atoms with Crippen molar-refractivity contribution < 1.29 is 0 Å². The highest BCUT2D eigenvalue weighted by Crippen LogP contribution is 2.29. The van der Waals surface area contributed by atoms with E-state index in [1.54, 1.807) is 6.20 Å². The summed E-state index contributed by atoms with van der Waals surface area (Å²) < 4.78 is 4.03. The van der Waals surface area contributed by atoms with Gasteiger partial charge in [-0.05, 0) is 24.7 Å². The van der Waals surface area contributed by atoms with Crippen LogP contribution >= 0.6 is 0 Å². The Hall–Kier alpha value is -3.03. The van der Waals surface area contributed by atoms with Gasteiger partial charge in [-0.3, -0.25) is 13.8 Å². The molecule has 1 N–H and O–H groups in total. The zero-order valence-corrected chi connectivity index (χ0v) is 21.4. The summed E-state index contributed by atoms with van der Waals surface area (Å²) in [5, 5.41) is 0. The Morgan fingerprint density at radius 3 is 2.44 bits per heavy atom. The Labute approximate surface area is 211 Å². The Morgan fingerprint density at radius 1 is 0.944 bits per heavy atom. The lowest BCUT2D eigenvalue weighted by Crippen LogP contribution is -2.17. The molecule has 4 aromatic rings. The van der Waals surface area contributed by atoms with Gasteiger partial charge in [0.2, 0.25) is 5.95 Å². The van der Waals surface area contributed by atoms with Crippen LogP contribution in [0.1, 0.15) is 94.9 Å².